The van der Waals surface area contributed by atoms with Crippen LogP contribution in [0.1, 0.15) is 18.4 Å². The number of hydrogen-bond donors (Lipinski definition) is 2. The van der Waals surface area contributed by atoms with Crippen molar-refractivity contribution in [3.05, 3.63) is 23.8 Å². The zero-order valence-electron chi connectivity index (χ0n) is 13.4. The number of carboxylic acid groups (broad SMARTS) is 1. The summed E-state index contributed by atoms with van der Waals surface area (Å²) in [4.78, 5) is 10.9. The van der Waals surface area contributed by atoms with Crippen molar-refractivity contribution in [2.45, 2.75) is 24.2 Å². The molecule has 3 rings (SSSR count). The number of carbonyl (C=O) groups is 1. The van der Waals surface area contributed by atoms with Gasteiger partial charge in [-0.25, -0.2) is 8.42 Å². The topological polar surface area (TPSA) is 95.9 Å². The Morgan fingerprint density at radius 2 is 2.25 bits per heavy atom. The quantitative estimate of drug-likeness (QED) is 0.781. The molecule has 24 heavy (non-hydrogen) atoms. The molecule has 1 aromatic carbocycles. The van der Waals surface area contributed by atoms with Crippen LogP contribution in [0, 0.1) is 5.92 Å². The number of ether oxygens (including phenoxy) is 1. The van der Waals surface area contributed by atoms with E-state index in [-0.39, 0.29) is 12.5 Å². The number of fused-ring (bicyclic) bond motifs is 1. The van der Waals surface area contributed by atoms with Crippen molar-refractivity contribution < 1.29 is 23.1 Å². The van der Waals surface area contributed by atoms with Gasteiger partial charge in [0.05, 0.1) is 18.0 Å². The molecule has 8 heteroatoms. The third-order valence-electron chi connectivity index (χ3n) is 4.49. The van der Waals surface area contributed by atoms with Gasteiger partial charge in [-0.1, -0.05) is 0 Å². The van der Waals surface area contributed by atoms with Crippen LogP contribution in [-0.4, -0.2) is 56.6 Å². The average Bonchev–Trinajstić information content (AvgIpc) is 3.02. The van der Waals surface area contributed by atoms with Gasteiger partial charge in [-0.05, 0) is 49.1 Å². The van der Waals surface area contributed by atoms with Crippen LogP contribution in [0.5, 0.6) is 5.75 Å². The number of aliphatic carboxylic acids is 1. The van der Waals surface area contributed by atoms with Gasteiger partial charge in [0.1, 0.15) is 5.75 Å². The lowest BCUT2D eigenvalue weighted by Gasteiger charge is -2.32. The molecule has 1 aromatic rings. The van der Waals surface area contributed by atoms with Gasteiger partial charge in [-0.15, -0.1) is 0 Å². The maximum Gasteiger partial charge on any atom is 0.317 e. The van der Waals surface area contributed by atoms with E-state index in [1.807, 2.05) is 0 Å². The van der Waals surface area contributed by atoms with E-state index in [2.05, 4.69) is 5.32 Å². The molecule has 1 saturated heterocycles. The normalized spacial score (nSPS) is 21.2. The van der Waals surface area contributed by atoms with Crippen molar-refractivity contribution in [2.24, 2.45) is 5.92 Å². The van der Waals surface area contributed by atoms with E-state index in [0.717, 1.165) is 30.6 Å². The van der Waals surface area contributed by atoms with Gasteiger partial charge in [0.15, 0.2) is 0 Å². The molecule has 0 radical (unpaired) electrons. The van der Waals surface area contributed by atoms with Gasteiger partial charge >= 0.3 is 5.97 Å². The molecule has 1 fully saturated rings. The van der Waals surface area contributed by atoms with Gasteiger partial charge < -0.3 is 15.2 Å². The van der Waals surface area contributed by atoms with Crippen molar-refractivity contribution in [1.29, 1.82) is 0 Å². The Morgan fingerprint density at radius 1 is 1.42 bits per heavy atom. The molecule has 2 aliphatic rings. The summed E-state index contributed by atoms with van der Waals surface area (Å²) in [5.41, 5.74) is 0.938. The van der Waals surface area contributed by atoms with E-state index in [9.17, 15) is 13.2 Å². The summed E-state index contributed by atoms with van der Waals surface area (Å²) in [7, 11) is -3.52. The van der Waals surface area contributed by atoms with E-state index >= 15 is 0 Å². The Hall–Kier alpha value is -1.64. The van der Waals surface area contributed by atoms with Crippen molar-refractivity contribution >= 4 is 16.0 Å². The van der Waals surface area contributed by atoms with Crippen molar-refractivity contribution in [3.63, 3.8) is 0 Å². The molecule has 0 bridgehead atoms. The Labute approximate surface area is 141 Å². The van der Waals surface area contributed by atoms with Gasteiger partial charge in [0, 0.05) is 19.5 Å². The van der Waals surface area contributed by atoms with E-state index < -0.39 is 16.0 Å². The number of rotatable bonds is 6. The minimum atomic E-state index is -3.52. The minimum absolute atomic E-state index is 0.103. The second-order valence-corrected chi connectivity index (χ2v) is 8.20. The standard InChI is InChI=1S/C16H22N2O5S/c19-16(20)10-17-9-12-2-1-6-18(11-12)24(21,22)14-3-4-15-13(8-14)5-7-23-15/h3-4,8,12,17H,1-2,5-7,9-11H2,(H,19,20). The summed E-state index contributed by atoms with van der Waals surface area (Å²) in [6, 6.07) is 5.04. The average molecular weight is 354 g/mol. The molecule has 0 amide bonds. The first-order valence-corrected chi connectivity index (χ1v) is 9.59. The first-order valence-electron chi connectivity index (χ1n) is 8.15. The number of hydrogen-bond acceptors (Lipinski definition) is 5. The number of nitrogens with one attached hydrogen (secondary N) is 1. The van der Waals surface area contributed by atoms with Crippen LogP contribution in [0.4, 0.5) is 0 Å². The second kappa shape index (κ2) is 7.08. The van der Waals surface area contributed by atoms with E-state index in [1.165, 1.54) is 4.31 Å². The molecule has 0 saturated carbocycles. The first kappa shape index (κ1) is 17.2. The van der Waals surface area contributed by atoms with E-state index in [4.69, 9.17) is 9.84 Å². The number of benzene rings is 1. The van der Waals surface area contributed by atoms with Gasteiger partial charge in [-0.2, -0.15) is 4.31 Å². The molecule has 7 nitrogen and oxygen atoms in total. The summed E-state index contributed by atoms with van der Waals surface area (Å²) in [6.45, 7) is 1.93. The summed E-state index contributed by atoms with van der Waals surface area (Å²) < 4.78 is 32.7. The maximum absolute atomic E-state index is 12.9. The fraction of sp³-hybridized carbons (Fsp3) is 0.562. The predicted octanol–water partition coefficient (Wildman–Crippen LogP) is 0.696. The fourth-order valence-corrected chi connectivity index (χ4v) is 4.87. The molecule has 2 heterocycles. The molecule has 1 unspecified atom stereocenters. The van der Waals surface area contributed by atoms with E-state index in [1.54, 1.807) is 18.2 Å². The Kier molecular flexibility index (Phi) is 5.07. The summed E-state index contributed by atoms with van der Waals surface area (Å²) in [5.74, 6) is -0.00961. The molecule has 0 spiro atoms. The highest BCUT2D eigenvalue weighted by Crippen LogP contribution is 2.30. The monoisotopic (exact) mass is 354 g/mol. The lowest BCUT2D eigenvalue weighted by Crippen LogP contribution is -2.43. The number of carboxylic acids is 1. The highest BCUT2D eigenvalue weighted by atomic mass is 32.2. The second-order valence-electron chi connectivity index (χ2n) is 6.26. The molecule has 2 N–H and O–H groups in total. The molecule has 132 valence electrons. The fourth-order valence-electron chi connectivity index (χ4n) is 3.27. The summed E-state index contributed by atoms with van der Waals surface area (Å²) in [6.07, 6.45) is 2.42. The van der Waals surface area contributed by atoms with Crippen LogP contribution < -0.4 is 10.1 Å². The van der Waals surface area contributed by atoms with Gasteiger partial charge in [-0.3, -0.25) is 4.79 Å². The molecule has 1 atom stereocenters. The Morgan fingerprint density at radius 3 is 3.04 bits per heavy atom. The van der Waals surface area contributed by atoms with Crippen LogP contribution in [0.25, 0.3) is 0 Å². The van der Waals surface area contributed by atoms with Crippen LogP contribution in [0.3, 0.4) is 0 Å². The first-order chi connectivity index (χ1) is 11.5. The molecule has 0 aliphatic carbocycles. The Bertz CT molecular complexity index is 719. The van der Waals surface area contributed by atoms with Crippen LogP contribution in [0.2, 0.25) is 0 Å². The smallest absolute Gasteiger partial charge is 0.317 e. The number of sulfonamides is 1. The van der Waals surface area contributed by atoms with Crippen molar-refractivity contribution in [2.75, 3.05) is 32.8 Å². The maximum atomic E-state index is 12.9. The molecular weight excluding hydrogens is 332 g/mol. The lowest BCUT2D eigenvalue weighted by molar-refractivity contribution is -0.136. The lowest BCUT2D eigenvalue weighted by atomic mass is 10.00. The zero-order chi connectivity index (χ0) is 17.2. The van der Waals surface area contributed by atoms with Crippen LogP contribution in [0.15, 0.2) is 23.1 Å². The number of piperidine rings is 1. The van der Waals surface area contributed by atoms with Gasteiger partial charge in [0.25, 0.3) is 0 Å². The summed E-state index contributed by atoms with van der Waals surface area (Å²) >= 11 is 0. The zero-order valence-corrected chi connectivity index (χ0v) is 14.2. The Balaban J connectivity index is 1.68. The van der Waals surface area contributed by atoms with Gasteiger partial charge in [0.2, 0.25) is 10.0 Å². The third-order valence-corrected chi connectivity index (χ3v) is 6.35. The minimum Gasteiger partial charge on any atom is -0.493 e. The van der Waals surface area contributed by atoms with Crippen LogP contribution >= 0.6 is 0 Å². The summed E-state index contributed by atoms with van der Waals surface area (Å²) in [5, 5.41) is 11.5. The number of nitrogens with zero attached hydrogens (tertiary/aromatic N) is 1. The highest BCUT2D eigenvalue weighted by molar-refractivity contribution is 7.89. The molecular formula is C16H22N2O5S. The SMILES string of the molecule is O=C(O)CNCC1CCCN(S(=O)(=O)c2ccc3c(c2)CCO3)C1. The third kappa shape index (κ3) is 3.71. The predicted molar refractivity (Wildman–Crippen MR) is 87.6 cm³/mol. The van der Waals surface area contributed by atoms with Crippen LogP contribution in [-0.2, 0) is 21.2 Å². The molecule has 0 aromatic heterocycles. The molecule has 2 aliphatic heterocycles. The van der Waals surface area contributed by atoms with Crippen molar-refractivity contribution in [1.82, 2.24) is 9.62 Å². The van der Waals surface area contributed by atoms with Crippen molar-refractivity contribution in [3.8, 4) is 5.75 Å². The largest absolute Gasteiger partial charge is 0.493 e. The van der Waals surface area contributed by atoms with E-state index in [0.29, 0.717) is 31.1 Å². The highest BCUT2D eigenvalue weighted by Gasteiger charge is 2.31.